The Hall–Kier alpha value is -2.90. The minimum absolute atomic E-state index is 0.0291. The van der Waals surface area contributed by atoms with Crippen molar-refractivity contribution in [1.82, 2.24) is 0 Å². The minimum atomic E-state index is -1.20. The van der Waals surface area contributed by atoms with Crippen LogP contribution in [0.3, 0.4) is 0 Å². The Kier molecular flexibility index (Phi) is 6.20. The molecular formula is C19H22O8. The highest BCUT2D eigenvalue weighted by Gasteiger charge is 2.44. The summed E-state index contributed by atoms with van der Waals surface area (Å²) >= 11 is 0. The number of rotatable bonds is 4. The van der Waals surface area contributed by atoms with Gasteiger partial charge in [-0.25, -0.2) is 4.79 Å². The number of carbonyl (C=O) groups excluding carboxylic acids is 4. The molecule has 1 fully saturated rings. The van der Waals surface area contributed by atoms with Gasteiger partial charge >= 0.3 is 23.9 Å². The van der Waals surface area contributed by atoms with E-state index in [1.807, 2.05) is 6.92 Å². The smallest absolute Gasteiger partial charge is 0.348 e. The molecule has 0 bridgehead atoms. The SMILES string of the molecule is CC(=O)Oc1c(C)ccc([C@H]2[C@H](C)COC(=O)[C@H]2OC(C)=O)c1OC(C)=O. The summed E-state index contributed by atoms with van der Waals surface area (Å²) < 4.78 is 20.9. The molecule has 8 heteroatoms. The Labute approximate surface area is 156 Å². The first-order chi connectivity index (χ1) is 12.6. The number of benzene rings is 1. The molecule has 1 aromatic rings. The van der Waals surface area contributed by atoms with E-state index in [4.69, 9.17) is 18.9 Å². The zero-order valence-corrected chi connectivity index (χ0v) is 15.9. The van der Waals surface area contributed by atoms with E-state index in [9.17, 15) is 19.2 Å². The van der Waals surface area contributed by atoms with Gasteiger partial charge in [-0.15, -0.1) is 0 Å². The van der Waals surface area contributed by atoms with E-state index in [2.05, 4.69) is 0 Å². The molecule has 0 amide bonds. The van der Waals surface area contributed by atoms with Crippen molar-refractivity contribution in [3.05, 3.63) is 23.3 Å². The summed E-state index contributed by atoms with van der Waals surface area (Å²) in [7, 11) is 0. The van der Waals surface area contributed by atoms with E-state index >= 15 is 0 Å². The largest absolute Gasteiger partial charge is 0.463 e. The van der Waals surface area contributed by atoms with Gasteiger partial charge in [-0.3, -0.25) is 14.4 Å². The van der Waals surface area contributed by atoms with Gasteiger partial charge in [-0.05, 0) is 12.5 Å². The molecule has 0 saturated carbocycles. The zero-order chi connectivity index (χ0) is 20.3. The van der Waals surface area contributed by atoms with Gasteiger partial charge in [-0.2, -0.15) is 0 Å². The van der Waals surface area contributed by atoms with Crippen LogP contribution in [-0.4, -0.2) is 36.6 Å². The third-order valence-corrected chi connectivity index (χ3v) is 4.14. The zero-order valence-electron chi connectivity index (χ0n) is 15.9. The van der Waals surface area contributed by atoms with Crippen LogP contribution in [0, 0.1) is 12.8 Å². The molecule has 0 N–H and O–H groups in total. The fourth-order valence-electron chi connectivity index (χ4n) is 3.07. The van der Waals surface area contributed by atoms with E-state index in [0.29, 0.717) is 11.1 Å². The van der Waals surface area contributed by atoms with Crippen molar-refractivity contribution >= 4 is 23.9 Å². The summed E-state index contributed by atoms with van der Waals surface area (Å²) in [6.07, 6.45) is -1.20. The molecule has 1 aromatic carbocycles. The van der Waals surface area contributed by atoms with Crippen LogP contribution < -0.4 is 9.47 Å². The van der Waals surface area contributed by atoms with Crippen LogP contribution >= 0.6 is 0 Å². The highest BCUT2D eigenvalue weighted by Crippen LogP contribution is 2.44. The average Bonchev–Trinajstić information content (AvgIpc) is 2.54. The monoisotopic (exact) mass is 378 g/mol. The Morgan fingerprint density at radius 1 is 1.00 bits per heavy atom. The molecule has 146 valence electrons. The summed E-state index contributed by atoms with van der Waals surface area (Å²) in [4.78, 5) is 46.9. The molecule has 1 aliphatic rings. The van der Waals surface area contributed by atoms with Crippen molar-refractivity contribution in [2.75, 3.05) is 6.61 Å². The number of carbonyl (C=O) groups is 4. The third-order valence-electron chi connectivity index (χ3n) is 4.14. The summed E-state index contributed by atoms with van der Waals surface area (Å²) in [6, 6.07) is 3.34. The van der Waals surface area contributed by atoms with Gasteiger partial charge in [0.25, 0.3) is 0 Å². The van der Waals surface area contributed by atoms with Crippen LogP contribution in [0.25, 0.3) is 0 Å². The first kappa shape index (κ1) is 20.4. The highest BCUT2D eigenvalue weighted by molar-refractivity contribution is 5.82. The standard InChI is InChI=1S/C19H22O8/c1-9-6-7-14(17(26-12(4)21)16(9)25-11(3)20)15-10(2)8-24-19(23)18(15)27-13(5)22/h6-7,10,15,18H,8H2,1-5H3/t10-,15-,18+/m1/s1. The number of esters is 4. The van der Waals surface area contributed by atoms with Crippen molar-refractivity contribution in [2.24, 2.45) is 5.92 Å². The second kappa shape index (κ2) is 8.20. The van der Waals surface area contributed by atoms with Gasteiger partial charge in [0.2, 0.25) is 6.10 Å². The van der Waals surface area contributed by atoms with Crippen LogP contribution in [0.5, 0.6) is 11.5 Å². The molecule has 3 atom stereocenters. The summed E-state index contributed by atoms with van der Waals surface area (Å²) in [5, 5.41) is 0. The average molecular weight is 378 g/mol. The summed E-state index contributed by atoms with van der Waals surface area (Å²) in [5.74, 6) is -3.30. The number of hydrogen-bond donors (Lipinski definition) is 0. The first-order valence-corrected chi connectivity index (χ1v) is 8.46. The van der Waals surface area contributed by atoms with Crippen molar-refractivity contribution in [1.29, 1.82) is 0 Å². The fraction of sp³-hybridized carbons (Fsp3) is 0.474. The van der Waals surface area contributed by atoms with E-state index in [-0.39, 0.29) is 24.0 Å². The van der Waals surface area contributed by atoms with Crippen LogP contribution in [0.2, 0.25) is 0 Å². The fourth-order valence-corrected chi connectivity index (χ4v) is 3.07. The van der Waals surface area contributed by atoms with Crippen LogP contribution in [0.15, 0.2) is 12.1 Å². The topological polar surface area (TPSA) is 105 Å². The molecular weight excluding hydrogens is 356 g/mol. The normalized spacial score (nSPS) is 21.8. The lowest BCUT2D eigenvalue weighted by Gasteiger charge is -2.35. The molecule has 0 radical (unpaired) electrons. The molecule has 0 spiro atoms. The van der Waals surface area contributed by atoms with Crippen molar-refractivity contribution in [2.45, 2.75) is 46.6 Å². The second-order valence-corrected chi connectivity index (χ2v) is 6.48. The molecule has 8 nitrogen and oxygen atoms in total. The maximum Gasteiger partial charge on any atom is 0.348 e. The lowest BCUT2D eigenvalue weighted by Crippen LogP contribution is -2.43. The maximum atomic E-state index is 12.2. The molecule has 1 heterocycles. The van der Waals surface area contributed by atoms with Gasteiger partial charge in [-0.1, -0.05) is 19.1 Å². The Bertz CT molecular complexity index is 782. The predicted octanol–water partition coefficient (Wildman–Crippen LogP) is 2.05. The number of ether oxygens (including phenoxy) is 4. The lowest BCUT2D eigenvalue weighted by atomic mass is 9.80. The lowest BCUT2D eigenvalue weighted by molar-refractivity contribution is -0.177. The molecule has 2 rings (SSSR count). The van der Waals surface area contributed by atoms with Crippen molar-refractivity contribution < 1.29 is 38.1 Å². The van der Waals surface area contributed by atoms with E-state index in [1.165, 1.54) is 20.8 Å². The molecule has 0 unspecified atom stereocenters. The molecule has 27 heavy (non-hydrogen) atoms. The molecule has 0 aliphatic carbocycles. The van der Waals surface area contributed by atoms with Crippen LogP contribution in [0.4, 0.5) is 0 Å². The van der Waals surface area contributed by atoms with Gasteiger partial charge in [0.15, 0.2) is 11.5 Å². The Balaban J connectivity index is 2.65. The first-order valence-electron chi connectivity index (χ1n) is 8.46. The van der Waals surface area contributed by atoms with Gasteiger partial charge in [0.1, 0.15) is 0 Å². The predicted molar refractivity (Wildman–Crippen MR) is 92.2 cm³/mol. The summed E-state index contributed by atoms with van der Waals surface area (Å²) in [5.41, 5.74) is 0.989. The van der Waals surface area contributed by atoms with Crippen LogP contribution in [0.1, 0.15) is 44.7 Å². The van der Waals surface area contributed by atoms with Gasteiger partial charge < -0.3 is 18.9 Å². The highest BCUT2D eigenvalue weighted by atomic mass is 16.6. The quantitative estimate of drug-likeness (QED) is 0.579. The van der Waals surface area contributed by atoms with Gasteiger partial charge in [0.05, 0.1) is 6.61 Å². The van der Waals surface area contributed by atoms with E-state index in [1.54, 1.807) is 19.1 Å². The van der Waals surface area contributed by atoms with Crippen molar-refractivity contribution in [3.63, 3.8) is 0 Å². The van der Waals surface area contributed by atoms with E-state index < -0.39 is 35.9 Å². The third kappa shape index (κ3) is 4.64. The molecule has 0 aromatic heterocycles. The van der Waals surface area contributed by atoms with E-state index in [0.717, 1.165) is 0 Å². The minimum Gasteiger partial charge on any atom is -0.463 e. The Morgan fingerprint density at radius 3 is 2.15 bits per heavy atom. The number of cyclic esters (lactones) is 1. The number of hydrogen-bond acceptors (Lipinski definition) is 8. The number of aryl methyl sites for hydroxylation is 1. The second-order valence-electron chi connectivity index (χ2n) is 6.48. The summed E-state index contributed by atoms with van der Waals surface area (Å²) in [6.45, 7) is 7.25. The van der Waals surface area contributed by atoms with Crippen molar-refractivity contribution in [3.8, 4) is 11.5 Å². The Morgan fingerprint density at radius 2 is 1.59 bits per heavy atom. The van der Waals surface area contributed by atoms with Crippen LogP contribution in [-0.2, 0) is 28.7 Å². The maximum absolute atomic E-state index is 12.2. The molecule has 1 aliphatic heterocycles. The van der Waals surface area contributed by atoms with Gasteiger partial charge in [0, 0.05) is 38.2 Å². The molecule has 1 saturated heterocycles.